The molecule has 0 spiro atoms. The minimum Gasteiger partial charge on any atom is -0.143 e. The highest BCUT2D eigenvalue weighted by atomic mass is 32.1. The van der Waals surface area contributed by atoms with Gasteiger partial charge in [0.1, 0.15) is 0 Å². The van der Waals surface area contributed by atoms with Gasteiger partial charge in [-0.05, 0) is 64.9 Å². The SMILES string of the molecule is C1=CC=CC=1CCCCCCC1c2ccsc2-c2sccc21. The molecule has 4 rings (SSSR count). The zero-order valence-electron chi connectivity index (χ0n) is 12.7. The maximum absolute atomic E-state index is 3.29. The molecular formula is C20H20S2. The van der Waals surface area contributed by atoms with Crippen LogP contribution in [-0.4, -0.2) is 0 Å². The van der Waals surface area contributed by atoms with Crippen molar-refractivity contribution in [2.45, 2.75) is 44.4 Å². The number of hydrogen-bond acceptors (Lipinski definition) is 2. The standard InChI is InChI=1S/C20H20S2/c1(3-7-15-8-5-6-9-15)2-4-10-16-17-11-13-21-19(17)20-18(16)12-14-22-20/h5-6,8,11-14,16H,1-4,7,10H2. The second kappa shape index (κ2) is 6.42. The summed E-state index contributed by atoms with van der Waals surface area (Å²) in [4.78, 5) is 3.09. The van der Waals surface area contributed by atoms with E-state index in [-0.39, 0.29) is 0 Å². The van der Waals surface area contributed by atoms with Crippen molar-refractivity contribution in [3.63, 3.8) is 0 Å². The molecular weight excluding hydrogens is 304 g/mol. The van der Waals surface area contributed by atoms with Crippen molar-refractivity contribution in [3.8, 4) is 9.75 Å². The first kappa shape index (κ1) is 14.3. The molecule has 0 fully saturated rings. The molecule has 112 valence electrons. The highest BCUT2D eigenvalue weighted by Gasteiger charge is 2.30. The molecule has 0 radical (unpaired) electrons. The van der Waals surface area contributed by atoms with Gasteiger partial charge in [-0.25, -0.2) is 0 Å². The van der Waals surface area contributed by atoms with Gasteiger partial charge >= 0.3 is 0 Å². The molecule has 2 aromatic rings. The van der Waals surface area contributed by atoms with Crippen LogP contribution in [0.5, 0.6) is 0 Å². The fourth-order valence-electron chi connectivity index (χ4n) is 3.58. The lowest BCUT2D eigenvalue weighted by molar-refractivity contribution is 0.590. The van der Waals surface area contributed by atoms with Crippen molar-refractivity contribution < 1.29 is 0 Å². The molecule has 2 aliphatic carbocycles. The average Bonchev–Trinajstić information content (AvgIpc) is 3.27. The minimum atomic E-state index is 0.672. The lowest BCUT2D eigenvalue weighted by Gasteiger charge is -2.11. The lowest BCUT2D eigenvalue weighted by Crippen LogP contribution is -1.95. The van der Waals surface area contributed by atoms with E-state index >= 15 is 0 Å². The third kappa shape index (κ3) is 2.67. The van der Waals surface area contributed by atoms with E-state index in [1.807, 2.05) is 28.7 Å². The van der Waals surface area contributed by atoms with Crippen LogP contribution in [0.4, 0.5) is 0 Å². The Hall–Kier alpha value is -1.34. The molecule has 0 amide bonds. The van der Waals surface area contributed by atoms with Crippen molar-refractivity contribution in [2.75, 3.05) is 0 Å². The van der Waals surface area contributed by atoms with Gasteiger partial charge in [-0.1, -0.05) is 31.4 Å². The Balaban J connectivity index is 1.26. The van der Waals surface area contributed by atoms with E-state index in [0.717, 1.165) is 0 Å². The van der Waals surface area contributed by atoms with E-state index in [0.29, 0.717) is 5.92 Å². The molecule has 2 aromatic heterocycles. The van der Waals surface area contributed by atoms with E-state index in [4.69, 9.17) is 0 Å². The van der Waals surface area contributed by atoms with Crippen LogP contribution in [0.1, 0.15) is 55.6 Å². The lowest BCUT2D eigenvalue weighted by atomic mass is 9.93. The number of thiophene rings is 2. The summed E-state index contributed by atoms with van der Waals surface area (Å²) in [6.45, 7) is 0. The van der Waals surface area contributed by atoms with Gasteiger partial charge in [0.25, 0.3) is 0 Å². The van der Waals surface area contributed by atoms with Crippen molar-refractivity contribution in [3.05, 3.63) is 63.6 Å². The van der Waals surface area contributed by atoms with Gasteiger partial charge in [-0.15, -0.1) is 28.4 Å². The Bertz CT molecular complexity index is 710. The molecule has 0 unspecified atom stereocenters. The van der Waals surface area contributed by atoms with Crippen LogP contribution in [0.3, 0.4) is 0 Å². The number of allylic oxidation sites excluding steroid dienone is 3. The summed E-state index contributed by atoms with van der Waals surface area (Å²) in [6.07, 6.45) is 14.2. The molecule has 2 aliphatic rings. The Morgan fingerprint density at radius 2 is 1.64 bits per heavy atom. The first-order chi connectivity index (χ1) is 10.9. The third-order valence-corrected chi connectivity index (χ3v) is 6.72. The van der Waals surface area contributed by atoms with Crippen LogP contribution in [0.25, 0.3) is 9.75 Å². The molecule has 0 atom stereocenters. The summed E-state index contributed by atoms with van der Waals surface area (Å²) in [7, 11) is 0. The quantitative estimate of drug-likeness (QED) is 0.383. The summed E-state index contributed by atoms with van der Waals surface area (Å²) in [5, 5.41) is 4.52. The van der Waals surface area contributed by atoms with Gasteiger partial charge in [0.05, 0.1) is 0 Å². The largest absolute Gasteiger partial charge is 0.143 e. The summed E-state index contributed by atoms with van der Waals surface area (Å²) >= 11 is 3.83. The minimum absolute atomic E-state index is 0.672. The van der Waals surface area contributed by atoms with Gasteiger partial charge in [0.2, 0.25) is 0 Å². The predicted molar refractivity (Wildman–Crippen MR) is 97.9 cm³/mol. The summed E-state index contributed by atoms with van der Waals surface area (Å²) in [5.74, 6) is 0.672. The van der Waals surface area contributed by atoms with Crippen LogP contribution < -0.4 is 0 Å². The Morgan fingerprint density at radius 1 is 0.909 bits per heavy atom. The molecule has 0 saturated carbocycles. The number of hydrogen-bond donors (Lipinski definition) is 0. The predicted octanol–water partition coefficient (Wildman–Crippen LogP) is 6.91. The van der Waals surface area contributed by atoms with E-state index in [2.05, 4.69) is 40.8 Å². The Kier molecular flexibility index (Phi) is 4.16. The zero-order valence-corrected chi connectivity index (χ0v) is 14.3. The van der Waals surface area contributed by atoms with Gasteiger partial charge in [-0.3, -0.25) is 0 Å². The van der Waals surface area contributed by atoms with Crippen LogP contribution in [0.15, 0.2) is 52.4 Å². The molecule has 0 aliphatic heterocycles. The van der Waals surface area contributed by atoms with Crippen LogP contribution in [-0.2, 0) is 0 Å². The van der Waals surface area contributed by atoms with Crippen molar-refractivity contribution in [1.29, 1.82) is 0 Å². The fraction of sp³-hybridized carbons (Fsp3) is 0.350. The van der Waals surface area contributed by atoms with E-state index in [9.17, 15) is 0 Å². The van der Waals surface area contributed by atoms with Crippen LogP contribution in [0.2, 0.25) is 0 Å². The second-order valence-corrected chi connectivity index (χ2v) is 7.94. The van der Waals surface area contributed by atoms with E-state index < -0.39 is 0 Å². The van der Waals surface area contributed by atoms with Gasteiger partial charge in [-0.2, -0.15) is 0 Å². The fourth-order valence-corrected chi connectivity index (χ4v) is 5.71. The highest BCUT2D eigenvalue weighted by Crippen LogP contribution is 2.52. The first-order valence-corrected chi connectivity index (χ1v) is 9.97. The van der Waals surface area contributed by atoms with Gasteiger partial charge in [0.15, 0.2) is 0 Å². The molecule has 0 nitrogen and oxygen atoms in total. The highest BCUT2D eigenvalue weighted by molar-refractivity contribution is 7.20. The zero-order chi connectivity index (χ0) is 14.8. The Labute approximate surface area is 140 Å². The number of fused-ring (bicyclic) bond motifs is 3. The van der Waals surface area contributed by atoms with Crippen LogP contribution >= 0.6 is 22.7 Å². The molecule has 2 heterocycles. The third-order valence-electron chi connectivity index (χ3n) is 4.70. The van der Waals surface area contributed by atoms with Crippen molar-refractivity contribution in [2.24, 2.45) is 0 Å². The normalized spacial score (nSPS) is 15.4. The molecule has 0 bridgehead atoms. The monoisotopic (exact) mass is 324 g/mol. The molecule has 2 heteroatoms. The maximum Gasteiger partial charge on any atom is 0.0483 e. The smallest absolute Gasteiger partial charge is 0.0483 e. The molecule has 22 heavy (non-hydrogen) atoms. The van der Waals surface area contributed by atoms with Gasteiger partial charge < -0.3 is 0 Å². The summed E-state index contributed by atoms with van der Waals surface area (Å²) in [5.41, 5.74) is 7.86. The second-order valence-electron chi connectivity index (χ2n) is 6.11. The number of unbranched alkanes of at least 4 members (excludes halogenated alkanes) is 3. The van der Waals surface area contributed by atoms with Crippen molar-refractivity contribution >= 4 is 22.7 Å². The average molecular weight is 325 g/mol. The van der Waals surface area contributed by atoms with Gasteiger partial charge in [0, 0.05) is 15.7 Å². The topological polar surface area (TPSA) is 0 Å². The van der Waals surface area contributed by atoms with Crippen molar-refractivity contribution in [1.82, 2.24) is 0 Å². The van der Waals surface area contributed by atoms with Crippen LogP contribution in [0, 0.1) is 0 Å². The van der Waals surface area contributed by atoms with E-state index in [1.54, 1.807) is 20.9 Å². The van der Waals surface area contributed by atoms with E-state index in [1.165, 1.54) is 44.1 Å². The number of rotatable bonds is 7. The molecule has 0 aromatic carbocycles. The molecule has 0 N–H and O–H groups in total. The maximum atomic E-state index is 3.29. The Morgan fingerprint density at radius 3 is 2.32 bits per heavy atom. The summed E-state index contributed by atoms with van der Waals surface area (Å²) < 4.78 is 0. The summed E-state index contributed by atoms with van der Waals surface area (Å²) in [6, 6.07) is 4.70. The molecule has 0 saturated heterocycles. The first-order valence-electron chi connectivity index (χ1n) is 8.21.